The van der Waals surface area contributed by atoms with E-state index in [4.69, 9.17) is 11.6 Å². The molecule has 0 atom stereocenters. The summed E-state index contributed by atoms with van der Waals surface area (Å²) in [5.41, 5.74) is 0.262. The van der Waals surface area contributed by atoms with Crippen molar-refractivity contribution in [2.45, 2.75) is 19.5 Å². The third kappa shape index (κ3) is 4.28. The van der Waals surface area contributed by atoms with E-state index in [1.54, 1.807) is 44.6 Å². The molecule has 1 N–H and O–H groups in total. The van der Waals surface area contributed by atoms with Gasteiger partial charge in [0.25, 0.3) is 11.5 Å². The van der Waals surface area contributed by atoms with Crippen LogP contribution in [0, 0.1) is 6.92 Å². The molecule has 34 heavy (non-hydrogen) atoms. The van der Waals surface area contributed by atoms with Crippen molar-refractivity contribution in [3.05, 3.63) is 93.0 Å². The number of aromatic nitrogens is 2. The Morgan fingerprint density at radius 2 is 2.00 bits per heavy atom. The van der Waals surface area contributed by atoms with Crippen LogP contribution < -0.4 is 10.9 Å². The molecule has 0 saturated carbocycles. The highest BCUT2D eigenvalue weighted by Gasteiger charge is 2.38. The molecule has 1 aliphatic carbocycles. The third-order valence-corrected chi connectivity index (χ3v) is 5.98. The summed E-state index contributed by atoms with van der Waals surface area (Å²) in [6, 6.07) is 6.52. The summed E-state index contributed by atoms with van der Waals surface area (Å²) in [6.45, 7) is 1.75. The number of carbonyl (C=O) groups excluding carboxylic acids is 1. The Labute approximate surface area is 197 Å². The average molecular weight is 486 g/mol. The molecular weight excluding hydrogens is 467 g/mol. The first-order chi connectivity index (χ1) is 16.1. The maximum absolute atomic E-state index is 13.5. The van der Waals surface area contributed by atoms with Gasteiger partial charge in [-0.25, -0.2) is 0 Å². The lowest BCUT2D eigenvalue weighted by molar-refractivity contribution is -0.115. The zero-order chi connectivity index (χ0) is 24.6. The molecule has 0 radical (unpaired) electrons. The van der Waals surface area contributed by atoms with Gasteiger partial charge in [0.1, 0.15) is 0 Å². The molecule has 1 aliphatic rings. The molecule has 0 spiro atoms. The van der Waals surface area contributed by atoms with Crippen LogP contribution in [-0.2, 0) is 11.8 Å². The number of hydrogen-bond donors (Lipinski definition) is 1. The third-order valence-electron chi connectivity index (χ3n) is 5.59. The standard InChI is InChI=1S/C25H19ClF3N3O2/c1-14-8-9-19(31-23(33)16-6-4-3-5-7-18(16)25(27,28)29)22(26)21(14)17-12-15-13-30-11-10-20(15)32(2)24(17)34/h3,5-13H,4H2,1-2H3,(H,31,33). The van der Waals surface area contributed by atoms with Gasteiger partial charge in [-0.1, -0.05) is 35.9 Å². The molecule has 9 heteroatoms. The van der Waals surface area contributed by atoms with Crippen LogP contribution >= 0.6 is 11.6 Å². The van der Waals surface area contributed by atoms with Gasteiger partial charge in [-0.15, -0.1) is 0 Å². The summed E-state index contributed by atoms with van der Waals surface area (Å²) >= 11 is 6.62. The SMILES string of the molecule is Cc1ccc(NC(=O)C2=CCC=CC=C2C(F)(F)F)c(Cl)c1-c1cc2cnccc2n(C)c1=O. The van der Waals surface area contributed by atoms with Crippen molar-refractivity contribution in [1.29, 1.82) is 0 Å². The lowest BCUT2D eigenvalue weighted by Gasteiger charge is -2.17. The number of allylic oxidation sites excluding steroid dienone is 4. The molecule has 0 aliphatic heterocycles. The lowest BCUT2D eigenvalue weighted by Crippen LogP contribution is -2.23. The highest BCUT2D eigenvalue weighted by Crippen LogP contribution is 2.38. The average Bonchev–Trinajstić information content (AvgIpc) is 3.05. The van der Waals surface area contributed by atoms with E-state index in [-0.39, 0.29) is 28.3 Å². The number of halogens is 4. The molecule has 2 aromatic heterocycles. The molecule has 0 fully saturated rings. The van der Waals surface area contributed by atoms with Gasteiger partial charge in [-0.3, -0.25) is 14.6 Å². The normalized spacial score (nSPS) is 13.9. The summed E-state index contributed by atoms with van der Waals surface area (Å²) in [5.74, 6) is -0.945. The predicted molar refractivity (Wildman–Crippen MR) is 127 cm³/mol. The summed E-state index contributed by atoms with van der Waals surface area (Å²) in [6.07, 6.45) is 3.54. The van der Waals surface area contributed by atoms with Crippen LogP contribution in [-0.4, -0.2) is 21.6 Å². The Bertz CT molecular complexity index is 1470. The van der Waals surface area contributed by atoms with E-state index in [9.17, 15) is 22.8 Å². The summed E-state index contributed by atoms with van der Waals surface area (Å²) in [5, 5.41) is 3.25. The van der Waals surface area contributed by atoms with E-state index in [0.717, 1.165) is 6.08 Å². The van der Waals surface area contributed by atoms with Crippen molar-refractivity contribution in [2.75, 3.05) is 5.32 Å². The predicted octanol–water partition coefficient (Wildman–Crippen LogP) is 5.88. The number of nitrogens with one attached hydrogen (secondary N) is 1. The zero-order valence-electron chi connectivity index (χ0n) is 18.2. The number of pyridine rings is 2. The van der Waals surface area contributed by atoms with Crippen molar-refractivity contribution >= 4 is 34.1 Å². The van der Waals surface area contributed by atoms with Gasteiger partial charge >= 0.3 is 6.18 Å². The van der Waals surface area contributed by atoms with E-state index in [2.05, 4.69) is 10.3 Å². The number of benzene rings is 1. The number of alkyl halides is 3. The first kappa shape index (κ1) is 23.5. The van der Waals surface area contributed by atoms with E-state index in [1.165, 1.54) is 28.9 Å². The molecule has 0 unspecified atom stereocenters. The smallest absolute Gasteiger partial charge is 0.321 e. The van der Waals surface area contributed by atoms with Crippen LogP contribution in [0.15, 0.2) is 76.9 Å². The molecule has 3 aromatic rings. The Kier molecular flexibility index (Phi) is 6.18. The van der Waals surface area contributed by atoms with Gasteiger partial charge in [0.05, 0.1) is 21.8 Å². The fourth-order valence-electron chi connectivity index (χ4n) is 3.88. The lowest BCUT2D eigenvalue weighted by atomic mass is 9.99. The Morgan fingerprint density at radius 3 is 2.74 bits per heavy atom. The number of anilines is 1. The quantitative estimate of drug-likeness (QED) is 0.504. The second-order valence-corrected chi connectivity index (χ2v) is 8.17. The summed E-state index contributed by atoms with van der Waals surface area (Å²) in [7, 11) is 1.63. The molecule has 5 nitrogen and oxygen atoms in total. The summed E-state index contributed by atoms with van der Waals surface area (Å²) in [4.78, 5) is 30.1. The fourth-order valence-corrected chi connectivity index (χ4v) is 4.24. The molecule has 4 rings (SSSR count). The first-order valence-corrected chi connectivity index (χ1v) is 10.7. The van der Waals surface area contributed by atoms with Crippen molar-refractivity contribution < 1.29 is 18.0 Å². The van der Waals surface area contributed by atoms with Gasteiger partial charge in [-0.05, 0) is 43.2 Å². The van der Waals surface area contributed by atoms with Gasteiger partial charge in [0.15, 0.2) is 0 Å². The maximum atomic E-state index is 13.5. The number of fused-ring (bicyclic) bond motifs is 1. The Morgan fingerprint density at radius 1 is 1.24 bits per heavy atom. The van der Waals surface area contributed by atoms with E-state index in [0.29, 0.717) is 22.0 Å². The zero-order valence-corrected chi connectivity index (χ0v) is 19.0. The largest absolute Gasteiger partial charge is 0.417 e. The van der Waals surface area contributed by atoms with E-state index >= 15 is 0 Å². The first-order valence-electron chi connectivity index (χ1n) is 10.3. The van der Waals surface area contributed by atoms with Crippen LogP contribution in [0.25, 0.3) is 22.0 Å². The second kappa shape index (κ2) is 8.95. The highest BCUT2D eigenvalue weighted by molar-refractivity contribution is 6.37. The number of hydrogen-bond acceptors (Lipinski definition) is 3. The fraction of sp³-hybridized carbons (Fsp3) is 0.160. The van der Waals surface area contributed by atoms with Gasteiger partial charge < -0.3 is 9.88 Å². The molecule has 0 saturated heterocycles. The molecule has 2 heterocycles. The van der Waals surface area contributed by atoms with Crippen molar-refractivity contribution in [3.63, 3.8) is 0 Å². The number of amides is 1. The molecule has 174 valence electrons. The monoisotopic (exact) mass is 485 g/mol. The van der Waals surface area contributed by atoms with Gasteiger partial charge in [-0.2, -0.15) is 13.2 Å². The van der Waals surface area contributed by atoms with Crippen LogP contribution in [0.2, 0.25) is 5.02 Å². The minimum Gasteiger partial charge on any atom is -0.321 e. The minimum atomic E-state index is -4.70. The van der Waals surface area contributed by atoms with Crippen LogP contribution in [0.5, 0.6) is 0 Å². The van der Waals surface area contributed by atoms with Crippen molar-refractivity contribution in [1.82, 2.24) is 9.55 Å². The number of aryl methyl sites for hydroxylation is 2. The topological polar surface area (TPSA) is 64.0 Å². The molecule has 1 aromatic carbocycles. The number of carbonyl (C=O) groups is 1. The molecule has 1 amide bonds. The van der Waals surface area contributed by atoms with Crippen LogP contribution in [0.4, 0.5) is 18.9 Å². The Hall–Kier alpha value is -3.65. The second-order valence-electron chi connectivity index (χ2n) is 7.79. The highest BCUT2D eigenvalue weighted by atomic mass is 35.5. The molecule has 0 bridgehead atoms. The van der Waals surface area contributed by atoms with Crippen molar-refractivity contribution in [2.24, 2.45) is 7.05 Å². The Balaban J connectivity index is 1.79. The van der Waals surface area contributed by atoms with Crippen molar-refractivity contribution in [3.8, 4) is 11.1 Å². The van der Waals surface area contributed by atoms with Gasteiger partial charge in [0.2, 0.25) is 0 Å². The van der Waals surface area contributed by atoms with Gasteiger partial charge in [0, 0.05) is 41.5 Å². The maximum Gasteiger partial charge on any atom is 0.417 e. The van der Waals surface area contributed by atoms with E-state index in [1.807, 2.05) is 0 Å². The van der Waals surface area contributed by atoms with Crippen LogP contribution in [0.3, 0.4) is 0 Å². The minimum absolute atomic E-state index is 0.0542. The van der Waals surface area contributed by atoms with E-state index < -0.39 is 23.2 Å². The van der Waals surface area contributed by atoms with Crippen LogP contribution in [0.1, 0.15) is 12.0 Å². The summed E-state index contributed by atoms with van der Waals surface area (Å²) < 4.78 is 42.0. The number of rotatable bonds is 3. The number of nitrogens with zero attached hydrogens (tertiary/aromatic N) is 2. The molecular formula is C25H19ClF3N3O2.